The van der Waals surface area contributed by atoms with Gasteiger partial charge in [0.05, 0.1) is 13.5 Å². The normalized spacial score (nSPS) is 10.6. The van der Waals surface area contributed by atoms with E-state index in [1.54, 1.807) is 22.6 Å². The topological polar surface area (TPSA) is 59.4 Å². The van der Waals surface area contributed by atoms with Crippen molar-refractivity contribution in [3.63, 3.8) is 0 Å². The Labute approximate surface area is 104 Å². The number of halogens is 3. The molecule has 0 unspecified atom stereocenters. The maximum atomic E-state index is 12.5. The van der Waals surface area contributed by atoms with Crippen molar-refractivity contribution in [2.75, 3.05) is 7.11 Å². The molecule has 0 spiro atoms. The molecular weight excluding hydrogens is 335 g/mol. The molecule has 7 heteroatoms. The Balaban J connectivity index is 3.28. The number of nitrogens with zero attached hydrogens (tertiary/aromatic N) is 1. The highest BCUT2D eigenvalue weighted by molar-refractivity contribution is 14.1. The molecule has 0 aliphatic rings. The van der Waals surface area contributed by atoms with Crippen LogP contribution in [-0.4, -0.2) is 23.2 Å². The van der Waals surface area contributed by atoms with Gasteiger partial charge in [-0.05, 0) is 22.6 Å². The van der Waals surface area contributed by atoms with Crippen molar-refractivity contribution in [1.29, 1.82) is 0 Å². The fraction of sp³-hybridized carbons (Fsp3) is 0.333. The van der Waals surface area contributed by atoms with Crippen molar-refractivity contribution in [2.45, 2.75) is 12.8 Å². The number of alkyl halides is 2. The number of aromatic nitrogens is 1. The first kappa shape index (κ1) is 13.1. The summed E-state index contributed by atoms with van der Waals surface area (Å²) in [5, 5.41) is 8.67. The van der Waals surface area contributed by atoms with Gasteiger partial charge in [-0.25, -0.2) is 13.8 Å². The molecule has 0 bridgehead atoms. The van der Waals surface area contributed by atoms with Crippen molar-refractivity contribution in [1.82, 2.24) is 4.98 Å². The van der Waals surface area contributed by atoms with Crippen LogP contribution in [0.25, 0.3) is 0 Å². The van der Waals surface area contributed by atoms with E-state index in [2.05, 4.69) is 4.98 Å². The first-order valence-electron chi connectivity index (χ1n) is 4.18. The van der Waals surface area contributed by atoms with Crippen LogP contribution in [0.15, 0.2) is 6.20 Å². The van der Waals surface area contributed by atoms with Gasteiger partial charge in [0.25, 0.3) is 6.43 Å². The molecule has 1 aromatic heterocycles. The molecule has 0 aromatic carbocycles. The molecule has 1 rings (SSSR count). The molecule has 4 nitrogen and oxygen atoms in total. The second-order valence-electron chi connectivity index (χ2n) is 2.89. The fourth-order valence-corrected chi connectivity index (χ4v) is 1.96. The number of carbonyl (C=O) groups is 1. The van der Waals surface area contributed by atoms with Crippen LogP contribution in [0.5, 0.6) is 5.88 Å². The number of methoxy groups -OCH3 is 1. The van der Waals surface area contributed by atoms with Crippen LogP contribution in [-0.2, 0) is 11.2 Å². The van der Waals surface area contributed by atoms with Crippen LogP contribution in [0.4, 0.5) is 8.78 Å². The predicted octanol–water partition coefficient (Wildman–Crippen LogP) is 2.26. The summed E-state index contributed by atoms with van der Waals surface area (Å²) >= 11 is 1.68. The molecular formula is C9H8F2INO3. The zero-order valence-corrected chi connectivity index (χ0v) is 10.4. The van der Waals surface area contributed by atoms with Gasteiger partial charge in [-0.15, -0.1) is 0 Å². The molecule has 1 heterocycles. The van der Waals surface area contributed by atoms with Crippen molar-refractivity contribution in [3.8, 4) is 5.88 Å². The lowest BCUT2D eigenvalue weighted by Gasteiger charge is -2.11. The highest BCUT2D eigenvalue weighted by Crippen LogP contribution is 2.30. The van der Waals surface area contributed by atoms with Gasteiger partial charge in [0.15, 0.2) is 0 Å². The van der Waals surface area contributed by atoms with Crippen LogP contribution in [0.1, 0.15) is 17.6 Å². The highest BCUT2D eigenvalue weighted by Gasteiger charge is 2.20. The van der Waals surface area contributed by atoms with Gasteiger partial charge in [0.2, 0.25) is 5.88 Å². The number of pyridine rings is 1. The minimum atomic E-state index is -2.68. The number of carboxylic acid groups (broad SMARTS) is 1. The second-order valence-corrected chi connectivity index (χ2v) is 3.97. The van der Waals surface area contributed by atoms with E-state index in [0.29, 0.717) is 0 Å². The Bertz CT molecular complexity index is 412. The minimum Gasteiger partial charge on any atom is -0.481 e. The van der Waals surface area contributed by atoms with Gasteiger partial charge >= 0.3 is 5.97 Å². The van der Waals surface area contributed by atoms with Crippen molar-refractivity contribution in [2.24, 2.45) is 0 Å². The van der Waals surface area contributed by atoms with Crippen molar-refractivity contribution >= 4 is 28.6 Å². The number of hydrogen-bond donors (Lipinski definition) is 1. The number of aliphatic carboxylic acids is 1. The SMILES string of the molecule is COc1ncc(C(F)F)c(I)c1CC(=O)O. The standard InChI is InChI=1S/C9H8F2INO3/c1-16-9-4(2-6(14)15)7(12)5(3-13-9)8(10)11/h3,8H,2H2,1H3,(H,14,15). The van der Waals surface area contributed by atoms with Crippen LogP contribution >= 0.6 is 22.6 Å². The van der Waals surface area contributed by atoms with Crippen molar-refractivity contribution in [3.05, 3.63) is 20.9 Å². The molecule has 0 fully saturated rings. The van der Waals surface area contributed by atoms with Crippen LogP contribution in [0.3, 0.4) is 0 Å². The zero-order valence-electron chi connectivity index (χ0n) is 8.21. The Morgan fingerprint density at radius 1 is 1.69 bits per heavy atom. The molecule has 0 amide bonds. The third-order valence-electron chi connectivity index (χ3n) is 1.85. The Hall–Kier alpha value is -0.990. The molecule has 16 heavy (non-hydrogen) atoms. The molecule has 1 N–H and O–H groups in total. The third-order valence-corrected chi connectivity index (χ3v) is 3.13. The molecule has 0 saturated carbocycles. The van der Waals surface area contributed by atoms with E-state index < -0.39 is 18.8 Å². The van der Waals surface area contributed by atoms with E-state index >= 15 is 0 Å². The third kappa shape index (κ3) is 2.77. The number of carboxylic acids is 1. The van der Waals surface area contributed by atoms with Gasteiger partial charge < -0.3 is 9.84 Å². The van der Waals surface area contributed by atoms with E-state index in [-0.39, 0.29) is 20.6 Å². The summed E-state index contributed by atoms with van der Waals surface area (Å²) in [6.45, 7) is 0. The van der Waals surface area contributed by atoms with Gasteiger partial charge in [0, 0.05) is 20.9 Å². The quantitative estimate of drug-likeness (QED) is 0.852. The number of rotatable bonds is 4. The lowest BCUT2D eigenvalue weighted by molar-refractivity contribution is -0.136. The summed E-state index contributed by atoms with van der Waals surface area (Å²) in [6.07, 6.45) is -2.08. The van der Waals surface area contributed by atoms with E-state index in [1.165, 1.54) is 7.11 Å². The lowest BCUT2D eigenvalue weighted by atomic mass is 10.1. The summed E-state index contributed by atoms with van der Waals surface area (Å²) in [4.78, 5) is 14.3. The van der Waals surface area contributed by atoms with Crippen LogP contribution in [0, 0.1) is 3.57 Å². The summed E-state index contributed by atoms with van der Waals surface area (Å²) in [5.41, 5.74) is -0.106. The van der Waals surface area contributed by atoms with Crippen molar-refractivity contribution < 1.29 is 23.4 Å². The van der Waals surface area contributed by atoms with Gasteiger partial charge in [-0.1, -0.05) is 0 Å². The molecule has 0 aliphatic heterocycles. The smallest absolute Gasteiger partial charge is 0.308 e. The second kappa shape index (κ2) is 5.37. The summed E-state index contributed by atoms with van der Waals surface area (Å²) in [6, 6.07) is 0. The predicted molar refractivity (Wildman–Crippen MR) is 59.8 cm³/mol. The van der Waals surface area contributed by atoms with Gasteiger partial charge in [0.1, 0.15) is 0 Å². The molecule has 0 saturated heterocycles. The average molecular weight is 343 g/mol. The van der Waals surface area contributed by atoms with Gasteiger partial charge in [-0.2, -0.15) is 0 Å². The van der Waals surface area contributed by atoms with E-state index in [0.717, 1.165) is 6.20 Å². The van der Waals surface area contributed by atoms with Crippen LogP contribution < -0.4 is 4.74 Å². The minimum absolute atomic E-state index is 0.0659. The first-order chi connectivity index (χ1) is 7.47. The molecule has 1 aromatic rings. The first-order valence-corrected chi connectivity index (χ1v) is 5.26. The summed E-state index contributed by atoms with van der Waals surface area (Å²) in [5.74, 6) is -1.05. The average Bonchev–Trinajstić information content (AvgIpc) is 2.19. The van der Waals surface area contributed by atoms with Gasteiger partial charge in [-0.3, -0.25) is 4.79 Å². The maximum Gasteiger partial charge on any atom is 0.308 e. The number of hydrogen-bond acceptors (Lipinski definition) is 3. The summed E-state index contributed by atoms with van der Waals surface area (Å²) in [7, 11) is 1.31. The monoisotopic (exact) mass is 343 g/mol. The van der Waals surface area contributed by atoms with E-state index in [1.807, 2.05) is 0 Å². The summed E-state index contributed by atoms with van der Waals surface area (Å²) < 4.78 is 30.1. The largest absolute Gasteiger partial charge is 0.481 e. The Morgan fingerprint density at radius 2 is 2.31 bits per heavy atom. The zero-order chi connectivity index (χ0) is 12.3. The Kier molecular flexibility index (Phi) is 4.39. The lowest BCUT2D eigenvalue weighted by Crippen LogP contribution is -2.08. The van der Waals surface area contributed by atoms with E-state index in [4.69, 9.17) is 9.84 Å². The maximum absolute atomic E-state index is 12.5. The molecule has 0 atom stereocenters. The molecule has 0 radical (unpaired) electrons. The number of ether oxygens (including phenoxy) is 1. The van der Waals surface area contributed by atoms with E-state index in [9.17, 15) is 13.6 Å². The molecule has 0 aliphatic carbocycles. The Morgan fingerprint density at radius 3 is 2.75 bits per heavy atom. The molecule has 88 valence electrons. The fourth-order valence-electron chi connectivity index (χ4n) is 1.16. The van der Waals surface area contributed by atoms with Crippen LogP contribution in [0.2, 0.25) is 0 Å². The highest BCUT2D eigenvalue weighted by atomic mass is 127.